The van der Waals surface area contributed by atoms with Gasteiger partial charge in [0.1, 0.15) is 14.1 Å². The van der Waals surface area contributed by atoms with Gasteiger partial charge in [-0.2, -0.15) is 0 Å². The normalized spacial score (nSPS) is 52.0. The number of alkyl halides is 6. The van der Waals surface area contributed by atoms with Crippen LogP contribution in [0.3, 0.4) is 0 Å². The van der Waals surface area contributed by atoms with Crippen LogP contribution < -0.4 is 0 Å². The predicted octanol–water partition coefficient (Wildman–Crippen LogP) is 6.03. The van der Waals surface area contributed by atoms with Crippen LogP contribution in [0.25, 0.3) is 0 Å². The van der Waals surface area contributed by atoms with Crippen LogP contribution in [-0.2, 0) is 0 Å². The summed E-state index contributed by atoms with van der Waals surface area (Å²) in [7, 11) is 0. The van der Waals surface area contributed by atoms with Crippen molar-refractivity contribution in [2.24, 2.45) is 11.8 Å². The second-order valence-corrected chi connectivity index (χ2v) is 10.0. The first-order valence-electron chi connectivity index (χ1n) is 5.20. The molecule has 0 radical (unpaired) electrons. The second kappa shape index (κ2) is 3.87. The van der Waals surface area contributed by atoms with Crippen LogP contribution in [0.2, 0.25) is 0 Å². The van der Waals surface area contributed by atoms with Crippen molar-refractivity contribution in [3.63, 3.8) is 0 Å². The molecule has 2 bridgehead atoms. The Hall–Kier alpha value is 2.06. The minimum atomic E-state index is -1.48. The van der Waals surface area contributed by atoms with E-state index in [0.29, 0.717) is 12.8 Å². The topological polar surface area (TPSA) is 0 Å². The minimum absolute atomic E-state index is 0.198. The fourth-order valence-corrected chi connectivity index (χ4v) is 7.25. The lowest BCUT2D eigenvalue weighted by atomic mass is 9.85. The van der Waals surface area contributed by atoms with E-state index in [1.54, 1.807) is 0 Å². The van der Waals surface area contributed by atoms with Gasteiger partial charge in [0.25, 0.3) is 0 Å². The molecule has 0 unspecified atom stereocenters. The lowest BCUT2D eigenvalue weighted by Gasteiger charge is -2.35. The van der Waals surface area contributed by atoms with Crippen LogP contribution in [-0.4, -0.2) is 18.4 Å². The minimum Gasteiger partial charge on any atom is -0.109 e. The molecular formula is C10H6Cl8. The molecule has 2 saturated carbocycles. The van der Waals surface area contributed by atoms with Crippen molar-refractivity contribution >= 4 is 92.8 Å². The van der Waals surface area contributed by atoms with Crippen molar-refractivity contribution in [3.8, 4) is 0 Å². The van der Waals surface area contributed by atoms with E-state index in [2.05, 4.69) is 0 Å². The zero-order chi connectivity index (χ0) is 13.7. The third-order valence-corrected chi connectivity index (χ3v) is 9.26. The molecule has 2 fully saturated rings. The summed E-state index contributed by atoms with van der Waals surface area (Å²) in [5.41, 5.74) is 0. The average Bonchev–Trinajstić information content (AvgIpc) is 2.67. The molecule has 0 aromatic heterocycles. The van der Waals surface area contributed by atoms with Gasteiger partial charge < -0.3 is 0 Å². The summed E-state index contributed by atoms with van der Waals surface area (Å²) in [5.74, 6) is -0.395. The molecule has 0 nitrogen and oxygen atoms in total. The van der Waals surface area contributed by atoms with Crippen LogP contribution in [0.5, 0.6) is 0 Å². The standard InChI is InChI=1S/C10H6Cl8/c11-5-6(12)9(16)4-2-7(13,14)1-3(4)8(5,15)10(9,17)18/h3-4H,1-2H2/t3-,4+,8-,9+. The van der Waals surface area contributed by atoms with E-state index in [4.69, 9.17) is 92.8 Å². The first-order chi connectivity index (χ1) is 8.00. The van der Waals surface area contributed by atoms with E-state index < -0.39 is 18.4 Å². The maximum absolute atomic E-state index is 6.61. The molecule has 0 saturated heterocycles. The number of halogens is 8. The molecule has 0 amide bonds. The van der Waals surface area contributed by atoms with Gasteiger partial charge in [-0.15, -0.1) is 46.4 Å². The highest BCUT2D eigenvalue weighted by atomic mass is 35.5. The van der Waals surface area contributed by atoms with Crippen LogP contribution in [0.15, 0.2) is 10.1 Å². The summed E-state index contributed by atoms with van der Waals surface area (Å²) in [5, 5.41) is 0.413. The summed E-state index contributed by atoms with van der Waals surface area (Å²) >= 11 is 50.8. The summed E-state index contributed by atoms with van der Waals surface area (Å²) in [6.07, 6.45) is 0.862. The summed E-state index contributed by atoms with van der Waals surface area (Å²) < 4.78 is -2.38. The Morgan fingerprint density at radius 3 is 1.39 bits per heavy atom. The largest absolute Gasteiger partial charge is 0.166 e. The fourth-order valence-electron chi connectivity index (χ4n) is 3.50. The van der Waals surface area contributed by atoms with Gasteiger partial charge in [0.15, 0.2) is 4.33 Å². The number of rotatable bonds is 0. The van der Waals surface area contributed by atoms with Gasteiger partial charge in [0, 0.05) is 0 Å². The maximum atomic E-state index is 6.61. The Morgan fingerprint density at radius 2 is 1.06 bits per heavy atom. The van der Waals surface area contributed by atoms with Gasteiger partial charge in [0.2, 0.25) is 0 Å². The number of hydrogen-bond donors (Lipinski definition) is 0. The van der Waals surface area contributed by atoms with Gasteiger partial charge in [-0.25, -0.2) is 0 Å². The van der Waals surface area contributed by atoms with E-state index in [1.165, 1.54) is 0 Å². The molecule has 3 rings (SSSR count). The highest BCUT2D eigenvalue weighted by Crippen LogP contribution is 2.80. The van der Waals surface area contributed by atoms with E-state index in [-0.39, 0.29) is 21.9 Å². The average molecular weight is 410 g/mol. The van der Waals surface area contributed by atoms with E-state index in [0.717, 1.165) is 0 Å². The van der Waals surface area contributed by atoms with Crippen LogP contribution >= 0.6 is 92.8 Å². The van der Waals surface area contributed by atoms with Gasteiger partial charge in [-0.3, -0.25) is 0 Å². The highest BCUT2D eigenvalue weighted by Gasteiger charge is 2.84. The zero-order valence-electron chi connectivity index (χ0n) is 8.59. The van der Waals surface area contributed by atoms with Crippen molar-refractivity contribution in [2.75, 3.05) is 0 Å². The molecule has 4 atom stereocenters. The van der Waals surface area contributed by atoms with Crippen molar-refractivity contribution < 1.29 is 0 Å². The Bertz CT molecular complexity index is 430. The third-order valence-electron chi connectivity index (χ3n) is 4.29. The van der Waals surface area contributed by atoms with Gasteiger partial charge in [-0.05, 0) is 24.7 Å². The van der Waals surface area contributed by atoms with Crippen molar-refractivity contribution in [3.05, 3.63) is 10.1 Å². The predicted molar refractivity (Wildman–Crippen MR) is 81.0 cm³/mol. The Morgan fingerprint density at radius 1 is 0.722 bits per heavy atom. The Labute approximate surface area is 145 Å². The maximum Gasteiger partial charge on any atom is 0.166 e. The zero-order valence-corrected chi connectivity index (χ0v) is 14.6. The second-order valence-electron chi connectivity index (χ2n) is 5.10. The van der Waals surface area contributed by atoms with Crippen molar-refractivity contribution in [1.29, 1.82) is 0 Å². The molecular weight excluding hydrogens is 404 g/mol. The monoisotopic (exact) mass is 406 g/mol. The van der Waals surface area contributed by atoms with Gasteiger partial charge in [0.05, 0.1) is 10.1 Å². The lowest BCUT2D eigenvalue weighted by Crippen LogP contribution is -2.46. The smallest absolute Gasteiger partial charge is 0.109 e. The molecule has 0 spiro atoms. The lowest BCUT2D eigenvalue weighted by molar-refractivity contribution is 0.382. The molecule has 0 heterocycles. The van der Waals surface area contributed by atoms with Crippen molar-refractivity contribution in [2.45, 2.75) is 31.3 Å². The quantitative estimate of drug-likeness (QED) is 0.428. The molecule has 0 N–H and O–H groups in total. The molecule has 3 aliphatic rings. The summed E-state index contributed by atoms with van der Waals surface area (Å²) in [4.78, 5) is -2.46. The first kappa shape index (κ1) is 15.0. The van der Waals surface area contributed by atoms with Crippen LogP contribution in [0.4, 0.5) is 0 Å². The molecule has 3 aliphatic carbocycles. The van der Waals surface area contributed by atoms with E-state index >= 15 is 0 Å². The molecule has 102 valence electrons. The van der Waals surface area contributed by atoms with E-state index in [1.807, 2.05) is 0 Å². The summed E-state index contributed by atoms with van der Waals surface area (Å²) in [6, 6.07) is 0. The Kier molecular flexibility index (Phi) is 3.22. The molecule has 8 heteroatoms. The van der Waals surface area contributed by atoms with Gasteiger partial charge in [-0.1, -0.05) is 46.4 Å². The van der Waals surface area contributed by atoms with Crippen molar-refractivity contribution in [1.82, 2.24) is 0 Å². The van der Waals surface area contributed by atoms with Gasteiger partial charge >= 0.3 is 0 Å². The first-order valence-corrected chi connectivity index (χ1v) is 8.22. The molecule has 18 heavy (non-hydrogen) atoms. The molecule has 0 aromatic rings. The molecule has 0 aliphatic heterocycles. The fraction of sp³-hybridized carbons (Fsp3) is 0.800. The third kappa shape index (κ3) is 1.36. The number of hydrogen-bond acceptors (Lipinski definition) is 0. The molecule has 0 aromatic carbocycles. The number of fused-ring (bicyclic) bond motifs is 5. The summed E-state index contributed by atoms with van der Waals surface area (Å²) in [6.45, 7) is 0. The van der Waals surface area contributed by atoms with Crippen LogP contribution in [0, 0.1) is 11.8 Å². The van der Waals surface area contributed by atoms with E-state index in [9.17, 15) is 0 Å². The number of allylic oxidation sites excluding steroid dienone is 2. The highest BCUT2D eigenvalue weighted by molar-refractivity contribution is 6.66. The van der Waals surface area contributed by atoms with Crippen LogP contribution in [0.1, 0.15) is 12.8 Å². The SMILES string of the molecule is ClC1=C(Cl)[C@]2(Cl)[C@@H]3CC(Cl)(Cl)C[C@@H]3[C@@]1(Cl)C2(Cl)Cl. The Balaban J connectivity index is 2.23.